The van der Waals surface area contributed by atoms with Crippen LogP contribution in [0.3, 0.4) is 0 Å². The Hall–Kier alpha value is -7.01. The molecule has 1 amide bonds. The molecular weight excluding hydrogens is 971 g/mol. The average Bonchev–Trinajstić information content (AvgIpc) is 3.92. The van der Waals surface area contributed by atoms with E-state index in [0.717, 1.165) is 15.6 Å². The first-order valence-corrected chi connectivity index (χ1v) is 24.0. The van der Waals surface area contributed by atoms with E-state index in [0.29, 0.717) is 127 Å². The number of anilines is 6. The van der Waals surface area contributed by atoms with Crippen molar-refractivity contribution in [1.82, 2.24) is 69.2 Å². The van der Waals surface area contributed by atoms with Crippen LogP contribution < -0.4 is 36.4 Å². The molecule has 392 valence electrons. The van der Waals surface area contributed by atoms with Gasteiger partial charge in [-0.1, -0.05) is 13.8 Å². The molecule has 10 heterocycles. The molecule has 4 aliphatic rings. The molecule has 0 aromatic carbocycles. The summed E-state index contributed by atoms with van der Waals surface area (Å²) >= 11 is 0. The van der Waals surface area contributed by atoms with E-state index in [1.165, 1.54) is 31.7 Å². The SMILES string of the molecule is CC[C@H]1CN(c2nc3c(N4CCOCC4)nc(-c4cnc(N)nc4)nc3n2CC(F)(F)F)CCN1.CC[C@H]1CN(c2nc3c(N4CCOCC4)nc(-c4cnc(N)nc4)nc3n2CC(F)(F)F)CCN1C(C)=O. The lowest BCUT2D eigenvalue weighted by atomic mass is 10.1. The van der Waals surface area contributed by atoms with Crippen LogP contribution in [0.25, 0.3) is 45.1 Å². The predicted octanol–water partition coefficient (Wildman–Crippen LogP) is 3.16. The molecule has 2 atom stereocenters. The van der Waals surface area contributed by atoms with Crippen molar-refractivity contribution in [3.63, 3.8) is 0 Å². The van der Waals surface area contributed by atoms with Gasteiger partial charge in [0, 0.05) is 109 Å². The Morgan fingerprint density at radius 1 is 0.616 bits per heavy atom. The van der Waals surface area contributed by atoms with E-state index >= 15 is 0 Å². The Kier molecular flexibility index (Phi) is 14.8. The molecule has 0 spiro atoms. The van der Waals surface area contributed by atoms with Gasteiger partial charge in [0.2, 0.25) is 29.7 Å². The number of hydrogen-bond acceptors (Lipinski definition) is 20. The zero-order valence-electron chi connectivity index (χ0n) is 40.4. The first-order chi connectivity index (χ1) is 35.0. The van der Waals surface area contributed by atoms with Gasteiger partial charge < -0.3 is 50.8 Å². The summed E-state index contributed by atoms with van der Waals surface area (Å²) in [7, 11) is 0. The molecule has 10 rings (SSSR count). The smallest absolute Gasteiger partial charge is 0.378 e. The van der Waals surface area contributed by atoms with Crippen molar-refractivity contribution in [3.05, 3.63) is 24.8 Å². The number of carbonyl (C=O) groups excluding carboxylic acids is 1. The van der Waals surface area contributed by atoms with E-state index in [1.807, 2.05) is 28.5 Å². The summed E-state index contributed by atoms with van der Waals surface area (Å²) in [5, 5.41) is 3.39. The minimum Gasteiger partial charge on any atom is -0.378 e. The fourth-order valence-corrected chi connectivity index (χ4v) is 9.32. The number of alkyl halides is 6. The molecule has 29 heteroatoms. The minimum atomic E-state index is -4.53. The Morgan fingerprint density at radius 2 is 1.07 bits per heavy atom. The number of fused-ring (bicyclic) bond motifs is 2. The maximum atomic E-state index is 13.9. The van der Waals surface area contributed by atoms with Crippen molar-refractivity contribution in [2.24, 2.45) is 0 Å². The molecule has 6 aromatic heterocycles. The number of piperazine rings is 2. The third-order valence-corrected chi connectivity index (χ3v) is 12.9. The number of nitrogens with two attached hydrogens (primary N) is 2. The molecule has 73 heavy (non-hydrogen) atoms. The lowest BCUT2D eigenvalue weighted by molar-refractivity contribution is -0.140. The molecular formula is C44H56F6N20O3. The number of rotatable bonds is 10. The normalized spacial score (nSPS) is 19.2. The zero-order valence-corrected chi connectivity index (χ0v) is 40.4. The Labute approximate surface area is 414 Å². The first-order valence-electron chi connectivity index (χ1n) is 24.0. The van der Waals surface area contributed by atoms with E-state index in [9.17, 15) is 31.1 Å². The monoisotopic (exact) mass is 1030 g/mol. The molecule has 0 unspecified atom stereocenters. The van der Waals surface area contributed by atoms with Gasteiger partial charge in [0.1, 0.15) is 13.1 Å². The van der Waals surface area contributed by atoms with Gasteiger partial charge in [0.05, 0.1) is 37.6 Å². The number of carbonyl (C=O) groups is 1. The van der Waals surface area contributed by atoms with Crippen LogP contribution in [0.1, 0.15) is 33.6 Å². The van der Waals surface area contributed by atoms with Crippen LogP contribution in [0.15, 0.2) is 24.8 Å². The quantitative estimate of drug-likeness (QED) is 0.167. The van der Waals surface area contributed by atoms with Crippen molar-refractivity contribution in [2.45, 2.75) is 71.1 Å². The summed E-state index contributed by atoms with van der Waals surface area (Å²) in [4.78, 5) is 65.3. The molecule has 0 saturated carbocycles. The van der Waals surface area contributed by atoms with E-state index < -0.39 is 25.4 Å². The maximum Gasteiger partial charge on any atom is 0.406 e. The number of aromatic nitrogens is 12. The van der Waals surface area contributed by atoms with Crippen LogP contribution in [-0.4, -0.2) is 186 Å². The molecule has 4 saturated heterocycles. The Bertz CT molecular complexity index is 2870. The Balaban J connectivity index is 0.000000180. The van der Waals surface area contributed by atoms with Crippen molar-refractivity contribution in [2.75, 3.05) is 123 Å². The highest BCUT2D eigenvalue weighted by Gasteiger charge is 2.38. The highest BCUT2D eigenvalue weighted by atomic mass is 19.4. The number of ether oxygens (including phenoxy) is 2. The molecule has 23 nitrogen and oxygen atoms in total. The predicted molar refractivity (Wildman–Crippen MR) is 258 cm³/mol. The molecule has 4 aliphatic heterocycles. The van der Waals surface area contributed by atoms with E-state index in [4.69, 9.17) is 40.9 Å². The summed E-state index contributed by atoms with van der Waals surface area (Å²) in [6, 6.07) is 0.0165. The number of amides is 1. The average molecular weight is 1030 g/mol. The molecule has 0 radical (unpaired) electrons. The topological polar surface area (TPSA) is 255 Å². The fraction of sp³-hybridized carbons (Fsp3) is 0.568. The summed E-state index contributed by atoms with van der Waals surface area (Å²) in [5.41, 5.74) is 12.9. The highest BCUT2D eigenvalue weighted by molar-refractivity contribution is 5.89. The Morgan fingerprint density at radius 3 is 1.48 bits per heavy atom. The number of nitrogens with zero attached hydrogens (tertiary/aromatic N) is 17. The van der Waals surface area contributed by atoms with Crippen LogP contribution >= 0.6 is 0 Å². The second kappa shape index (κ2) is 21.2. The van der Waals surface area contributed by atoms with Crippen molar-refractivity contribution in [3.8, 4) is 22.8 Å². The first kappa shape index (κ1) is 50.9. The third kappa shape index (κ3) is 11.5. The zero-order chi connectivity index (χ0) is 51.6. The molecule has 4 fully saturated rings. The van der Waals surface area contributed by atoms with Crippen molar-refractivity contribution < 1.29 is 40.6 Å². The molecule has 0 aliphatic carbocycles. The van der Waals surface area contributed by atoms with Gasteiger partial charge in [0.25, 0.3) is 0 Å². The standard InChI is InChI=1S/C23H29F3N10O2.C21H27F3N10O/c1-3-16-12-34(4-5-35(16)14(2)37)22-30-17-19(33-6-8-38-9-7-33)31-18(15-10-28-21(27)29-11-15)32-20(17)36(22)13-23(24,25)26;1-2-14-11-33(4-3-26-14)20-29-15-17(32-5-7-35-8-6-32)30-16(13-9-27-19(25)28-10-13)31-18(15)34(20)12-21(22,23)24/h10-11,16H,3-9,12-13H2,1-2H3,(H2,27,28,29);9-10,14,26H,2-8,11-12H2,1H3,(H2,25,27,28)/t16-;14-/m00/s1. The lowest BCUT2D eigenvalue weighted by Gasteiger charge is -2.41. The van der Waals surface area contributed by atoms with E-state index in [-0.39, 0.29) is 70.2 Å². The summed E-state index contributed by atoms with van der Waals surface area (Å²) in [6.07, 6.45) is -1.68. The molecule has 6 aromatic rings. The highest BCUT2D eigenvalue weighted by Crippen LogP contribution is 2.36. The van der Waals surface area contributed by atoms with Crippen LogP contribution in [0.2, 0.25) is 0 Å². The minimum absolute atomic E-state index is 0.0580. The fourth-order valence-electron chi connectivity index (χ4n) is 9.32. The number of morpholine rings is 2. The number of nitrogen functional groups attached to an aromatic ring is 2. The van der Waals surface area contributed by atoms with Crippen molar-refractivity contribution in [1.29, 1.82) is 0 Å². The number of imidazole rings is 2. The molecule has 5 N–H and O–H groups in total. The lowest BCUT2D eigenvalue weighted by Crippen LogP contribution is -2.55. The van der Waals surface area contributed by atoms with Crippen LogP contribution in [0.5, 0.6) is 0 Å². The van der Waals surface area contributed by atoms with Crippen molar-refractivity contribution >= 4 is 63.7 Å². The number of hydrogen-bond donors (Lipinski definition) is 3. The number of halogens is 6. The largest absolute Gasteiger partial charge is 0.406 e. The van der Waals surface area contributed by atoms with E-state index in [1.54, 1.807) is 9.80 Å². The van der Waals surface area contributed by atoms with Gasteiger partial charge in [-0.2, -0.15) is 26.3 Å². The summed E-state index contributed by atoms with van der Waals surface area (Å²) in [6.45, 7) is 9.79. The van der Waals surface area contributed by atoms with Gasteiger partial charge in [-0.3, -0.25) is 13.9 Å². The van der Waals surface area contributed by atoms with Gasteiger partial charge in [-0.15, -0.1) is 0 Å². The third-order valence-electron chi connectivity index (χ3n) is 12.9. The van der Waals surface area contributed by atoms with Crippen LogP contribution in [0.4, 0.5) is 61.8 Å². The van der Waals surface area contributed by atoms with E-state index in [2.05, 4.69) is 35.2 Å². The second-order valence-electron chi connectivity index (χ2n) is 17.9. The van der Waals surface area contributed by atoms with Gasteiger partial charge >= 0.3 is 12.4 Å². The van der Waals surface area contributed by atoms with Gasteiger partial charge in [-0.25, -0.2) is 49.8 Å². The van der Waals surface area contributed by atoms with Gasteiger partial charge in [-0.05, 0) is 12.8 Å². The second-order valence-corrected chi connectivity index (χ2v) is 17.9. The van der Waals surface area contributed by atoms with Crippen LogP contribution in [-0.2, 0) is 27.4 Å². The maximum absolute atomic E-state index is 13.9. The summed E-state index contributed by atoms with van der Waals surface area (Å²) in [5.74, 6) is 1.73. The summed E-state index contributed by atoms with van der Waals surface area (Å²) < 4.78 is 96.2. The molecule has 0 bridgehead atoms. The number of nitrogens with one attached hydrogen (secondary N) is 1. The van der Waals surface area contributed by atoms with Gasteiger partial charge in [0.15, 0.2) is 45.6 Å². The van der Waals surface area contributed by atoms with Crippen LogP contribution in [0, 0.1) is 0 Å².